The van der Waals surface area contributed by atoms with E-state index in [1.165, 1.54) is 6.07 Å². The summed E-state index contributed by atoms with van der Waals surface area (Å²) < 4.78 is 18.8. The Hall–Kier alpha value is -2.41. The Balaban J connectivity index is 2.77. The van der Waals surface area contributed by atoms with E-state index in [1.807, 2.05) is 13.8 Å². The van der Waals surface area contributed by atoms with Crippen molar-refractivity contribution in [3.8, 4) is 0 Å². The quantitative estimate of drug-likeness (QED) is 0.446. The average molecular weight is 394 g/mol. The number of carbonyl (C=O) groups is 2. The van der Waals surface area contributed by atoms with Gasteiger partial charge in [0.1, 0.15) is 19.0 Å². The molecule has 0 aliphatic carbocycles. The fourth-order valence-electron chi connectivity index (χ4n) is 3.19. The zero-order chi connectivity index (χ0) is 21.3. The summed E-state index contributed by atoms with van der Waals surface area (Å²) >= 11 is 0. The number of nitrogens with one attached hydrogen (secondary N) is 1. The maximum atomic E-state index is 14.1. The van der Waals surface area contributed by atoms with Gasteiger partial charge in [0.25, 0.3) is 5.91 Å². The molecule has 0 heterocycles. The highest BCUT2D eigenvalue weighted by Gasteiger charge is 2.18. The third-order valence-electron chi connectivity index (χ3n) is 4.76. The van der Waals surface area contributed by atoms with Gasteiger partial charge in [-0.2, -0.15) is 0 Å². The van der Waals surface area contributed by atoms with Crippen molar-refractivity contribution in [2.75, 3.05) is 38.7 Å². The lowest BCUT2D eigenvalue weighted by Crippen LogP contribution is -2.34. The summed E-state index contributed by atoms with van der Waals surface area (Å²) in [5, 5.41) is 11.7. The van der Waals surface area contributed by atoms with Crippen molar-refractivity contribution in [1.29, 1.82) is 0 Å². The molecule has 1 amide bonds. The first-order valence-electron chi connectivity index (χ1n) is 9.52. The molecule has 0 aliphatic heterocycles. The molecule has 0 unspecified atom stereocenters. The van der Waals surface area contributed by atoms with E-state index in [1.54, 1.807) is 18.9 Å². The standard InChI is InChI=1S/C21H31FN2O4/c1-6-16-15(4)18(22)11-19(23-5)17(16)9-8-10-24(7-2)21(27)14(3)13-28-20(26)12-25/h11,23,25H,3,6-10,12-13H2,1-2,4-5H3. The van der Waals surface area contributed by atoms with Gasteiger partial charge in [-0.1, -0.05) is 13.5 Å². The zero-order valence-electron chi connectivity index (χ0n) is 17.2. The third-order valence-corrected chi connectivity index (χ3v) is 4.76. The first kappa shape index (κ1) is 23.6. The highest BCUT2D eigenvalue weighted by atomic mass is 19.1. The normalized spacial score (nSPS) is 10.5. The minimum atomic E-state index is -0.796. The molecule has 28 heavy (non-hydrogen) atoms. The lowest BCUT2D eigenvalue weighted by molar-refractivity contribution is -0.146. The van der Waals surface area contributed by atoms with E-state index >= 15 is 0 Å². The van der Waals surface area contributed by atoms with Crippen molar-refractivity contribution in [3.63, 3.8) is 0 Å². The van der Waals surface area contributed by atoms with Crippen LogP contribution in [0.3, 0.4) is 0 Å². The fourth-order valence-corrected chi connectivity index (χ4v) is 3.19. The predicted molar refractivity (Wildman–Crippen MR) is 108 cm³/mol. The van der Waals surface area contributed by atoms with Gasteiger partial charge in [-0.05, 0) is 55.9 Å². The number of aliphatic hydroxyl groups is 1. The molecule has 1 rings (SSSR count). The van der Waals surface area contributed by atoms with Crippen LogP contribution < -0.4 is 5.32 Å². The van der Waals surface area contributed by atoms with E-state index < -0.39 is 12.6 Å². The van der Waals surface area contributed by atoms with Gasteiger partial charge in [0, 0.05) is 31.4 Å². The van der Waals surface area contributed by atoms with Crippen molar-refractivity contribution in [1.82, 2.24) is 4.90 Å². The summed E-state index contributed by atoms with van der Waals surface area (Å²) in [7, 11) is 1.77. The molecule has 6 nitrogen and oxygen atoms in total. The summed E-state index contributed by atoms with van der Waals surface area (Å²) in [6.45, 7) is 9.35. The maximum Gasteiger partial charge on any atom is 0.332 e. The minimum Gasteiger partial charge on any atom is -0.459 e. The van der Waals surface area contributed by atoms with Crippen LogP contribution in [0.5, 0.6) is 0 Å². The molecule has 0 bridgehead atoms. The number of amides is 1. The lowest BCUT2D eigenvalue weighted by Gasteiger charge is -2.23. The van der Waals surface area contributed by atoms with Gasteiger partial charge in [-0.15, -0.1) is 0 Å². The molecule has 0 aliphatic rings. The van der Waals surface area contributed by atoms with E-state index in [2.05, 4.69) is 11.9 Å². The number of carbonyl (C=O) groups excluding carboxylic acids is 2. The van der Waals surface area contributed by atoms with E-state index in [-0.39, 0.29) is 23.9 Å². The molecule has 0 radical (unpaired) electrons. The number of nitrogens with zero attached hydrogens (tertiary/aromatic N) is 1. The van der Waals surface area contributed by atoms with Gasteiger partial charge in [0.2, 0.25) is 0 Å². The number of rotatable bonds is 11. The van der Waals surface area contributed by atoms with E-state index in [4.69, 9.17) is 9.84 Å². The largest absolute Gasteiger partial charge is 0.459 e. The second-order valence-corrected chi connectivity index (χ2v) is 6.50. The monoisotopic (exact) mass is 394 g/mol. The van der Waals surface area contributed by atoms with E-state index in [0.717, 1.165) is 23.2 Å². The summed E-state index contributed by atoms with van der Waals surface area (Å²) in [5.74, 6) is -1.30. The van der Waals surface area contributed by atoms with Crippen LogP contribution in [0.2, 0.25) is 0 Å². The molecular formula is C21H31FN2O4. The van der Waals surface area contributed by atoms with Crippen molar-refractivity contribution in [3.05, 3.63) is 40.7 Å². The van der Waals surface area contributed by atoms with E-state index in [0.29, 0.717) is 31.5 Å². The Kier molecular flexibility index (Phi) is 9.65. The predicted octanol–water partition coefficient (Wildman–Crippen LogP) is 2.61. The molecule has 0 atom stereocenters. The van der Waals surface area contributed by atoms with Gasteiger partial charge in [-0.25, -0.2) is 9.18 Å². The highest BCUT2D eigenvalue weighted by Crippen LogP contribution is 2.28. The smallest absolute Gasteiger partial charge is 0.332 e. The fraction of sp³-hybridized carbons (Fsp3) is 0.524. The topological polar surface area (TPSA) is 78.9 Å². The molecule has 156 valence electrons. The minimum absolute atomic E-state index is 0.159. The highest BCUT2D eigenvalue weighted by molar-refractivity contribution is 5.93. The van der Waals surface area contributed by atoms with Crippen molar-refractivity contribution in [2.24, 2.45) is 0 Å². The molecule has 0 aromatic heterocycles. The SMILES string of the molecule is C=C(COC(=O)CO)C(=O)N(CC)CCCc1c(NC)cc(F)c(C)c1CC. The van der Waals surface area contributed by atoms with Crippen LogP contribution in [-0.4, -0.2) is 55.2 Å². The molecule has 1 aromatic rings. The number of ether oxygens (including phenoxy) is 1. The number of halogens is 1. The van der Waals surface area contributed by atoms with Crippen LogP contribution in [0.4, 0.5) is 10.1 Å². The van der Waals surface area contributed by atoms with Crippen molar-refractivity contribution in [2.45, 2.75) is 40.0 Å². The molecule has 2 N–H and O–H groups in total. The number of likely N-dealkylation sites (N-methyl/N-ethyl adjacent to an activating group) is 1. The van der Waals surface area contributed by atoms with Crippen molar-refractivity contribution < 1.29 is 23.8 Å². The van der Waals surface area contributed by atoms with Crippen LogP contribution in [-0.2, 0) is 27.2 Å². The Bertz CT molecular complexity index is 719. The maximum absolute atomic E-state index is 14.1. The molecule has 0 spiro atoms. The molecular weight excluding hydrogens is 363 g/mol. The van der Waals surface area contributed by atoms with Gasteiger partial charge >= 0.3 is 5.97 Å². The number of esters is 1. The number of benzene rings is 1. The van der Waals surface area contributed by atoms with Gasteiger partial charge in [0.15, 0.2) is 0 Å². The Morgan fingerprint density at radius 3 is 2.54 bits per heavy atom. The van der Waals surface area contributed by atoms with Crippen molar-refractivity contribution >= 4 is 17.6 Å². The summed E-state index contributed by atoms with van der Waals surface area (Å²) in [6, 6.07) is 1.52. The van der Waals surface area contributed by atoms with Crippen LogP contribution in [0.15, 0.2) is 18.2 Å². The molecule has 0 saturated carbocycles. The van der Waals surface area contributed by atoms with Crippen LogP contribution in [0.25, 0.3) is 0 Å². The summed E-state index contributed by atoms with van der Waals surface area (Å²) in [5.41, 5.74) is 3.67. The number of anilines is 1. The van der Waals surface area contributed by atoms with Crippen LogP contribution in [0.1, 0.15) is 37.0 Å². The first-order chi connectivity index (χ1) is 13.3. The molecule has 7 heteroatoms. The Morgan fingerprint density at radius 1 is 1.32 bits per heavy atom. The van der Waals surface area contributed by atoms with E-state index in [9.17, 15) is 14.0 Å². The van der Waals surface area contributed by atoms with Crippen LogP contribution >= 0.6 is 0 Å². The average Bonchev–Trinajstić information content (AvgIpc) is 2.70. The summed E-state index contributed by atoms with van der Waals surface area (Å²) in [4.78, 5) is 25.1. The third kappa shape index (κ3) is 6.05. The lowest BCUT2D eigenvalue weighted by atomic mass is 9.94. The first-order valence-corrected chi connectivity index (χ1v) is 9.52. The Labute approximate surface area is 166 Å². The number of aliphatic hydroxyl groups excluding tert-OH is 1. The number of hydrogen-bond donors (Lipinski definition) is 2. The van der Waals surface area contributed by atoms with Crippen LogP contribution in [0, 0.1) is 12.7 Å². The van der Waals surface area contributed by atoms with Gasteiger partial charge < -0.3 is 20.1 Å². The second-order valence-electron chi connectivity index (χ2n) is 6.50. The number of hydrogen-bond acceptors (Lipinski definition) is 5. The molecule has 0 saturated heterocycles. The second kappa shape index (κ2) is 11.4. The molecule has 0 fully saturated rings. The van der Waals surface area contributed by atoms with Gasteiger partial charge in [-0.3, -0.25) is 4.79 Å². The summed E-state index contributed by atoms with van der Waals surface area (Å²) in [6.07, 6.45) is 2.14. The van der Waals surface area contributed by atoms with Gasteiger partial charge in [0.05, 0.1) is 0 Å². The zero-order valence-corrected chi connectivity index (χ0v) is 17.2. The molecule has 1 aromatic carbocycles. The Morgan fingerprint density at radius 2 is 2.00 bits per heavy atom.